The number of likely N-dealkylation sites (tertiary alicyclic amines) is 1. The summed E-state index contributed by atoms with van der Waals surface area (Å²) in [4.78, 5) is 6.80. The van der Waals surface area contributed by atoms with E-state index in [1.54, 1.807) is 0 Å². The quantitative estimate of drug-likeness (QED) is 0.307. The fourth-order valence-electron chi connectivity index (χ4n) is 4.01. The molecule has 0 aliphatic carbocycles. The standard InChI is InChI=1S/C23H38N4O2.HI/c1-18-4-5-21(22(14-18)29-17-20-9-13-28-16-20)15-26-23(24-2)25-10-6-19-7-11-27(3)12-8-19;/h4-5,14,19-20H,6-13,15-17H2,1-3H3,(H2,24,25,26);1H. The second-order valence-corrected chi connectivity index (χ2v) is 8.54. The van der Waals surface area contributed by atoms with Gasteiger partial charge in [0.25, 0.3) is 0 Å². The highest BCUT2D eigenvalue weighted by Crippen LogP contribution is 2.23. The molecule has 2 fully saturated rings. The van der Waals surface area contributed by atoms with Crippen molar-refractivity contribution in [2.24, 2.45) is 16.8 Å². The van der Waals surface area contributed by atoms with Gasteiger partial charge < -0.3 is 25.0 Å². The summed E-state index contributed by atoms with van der Waals surface area (Å²) in [5.74, 6) is 3.15. The minimum Gasteiger partial charge on any atom is -0.493 e. The molecule has 0 aromatic heterocycles. The van der Waals surface area contributed by atoms with Crippen LogP contribution in [0.3, 0.4) is 0 Å². The van der Waals surface area contributed by atoms with E-state index in [0.717, 1.165) is 56.0 Å². The molecule has 2 aliphatic heterocycles. The van der Waals surface area contributed by atoms with Crippen LogP contribution in [0, 0.1) is 18.8 Å². The Morgan fingerprint density at radius 1 is 1.20 bits per heavy atom. The van der Waals surface area contributed by atoms with Crippen molar-refractivity contribution in [3.8, 4) is 5.75 Å². The first-order chi connectivity index (χ1) is 14.1. The minimum absolute atomic E-state index is 0. The highest BCUT2D eigenvalue weighted by atomic mass is 127. The zero-order chi connectivity index (χ0) is 20.5. The molecule has 1 aromatic rings. The topological polar surface area (TPSA) is 58.1 Å². The van der Waals surface area contributed by atoms with Gasteiger partial charge in [-0.15, -0.1) is 24.0 Å². The third kappa shape index (κ3) is 8.23. The average Bonchev–Trinajstić information content (AvgIpc) is 3.25. The van der Waals surface area contributed by atoms with E-state index in [-0.39, 0.29) is 24.0 Å². The predicted octanol–water partition coefficient (Wildman–Crippen LogP) is 3.43. The van der Waals surface area contributed by atoms with Crippen molar-refractivity contribution in [3.05, 3.63) is 29.3 Å². The number of piperidine rings is 1. The number of halogens is 1. The molecule has 2 heterocycles. The molecule has 1 aromatic carbocycles. The van der Waals surface area contributed by atoms with Crippen LogP contribution in [0.1, 0.15) is 36.8 Å². The number of aliphatic imine (C=N–C) groups is 1. The van der Waals surface area contributed by atoms with E-state index in [1.165, 1.54) is 37.9 Å². The molecule has 30 heavy (non-hydrogen) atoms. The van der Waals surface area contributed by atoms with Crippen molar-refractivity contribution < 1.29 is 9.47 Å². The number of hydrogen-bond acceptors (Lipinski definition) is 4. The lowest BCUT2D eigenvalue weighted by atomic mass is 9.94. The van der Waals surface area contributed by atoms with Crippen molar-refractivity contribution in [3.63, 3.8) is 0 Å². The second kappa shape index (κ2) is 13.4. The Balaban J connectivity index is 0.00000320. The van der Waals surface area contributed by atoms with Gasteiger partial charge in [-0.25, -0.2) is 0 Å². The van der Waals surface area contributed by atoms with E-state index in [0.29, 0.717) is 12.5 Å². The number of ether oxygens (including phenoxy) is 2. The molecule has 0 amide bonds. The molecule has 0 saturated carbocycles. The van der Waals surface area contributed by atoms with E-state index in [9.17, 15) is 0 Å². The summed E-state index contributed by atoms with van der Waals surface area (Å²) in [7, 11) is 4.04. The molecule has 0 bridgehead atoms. The van der Waals surface area contributed by atoms with Crippen LogP contribution in [0.25, 0.3) is 0 Å². The largest absolute Gasteiger partial charge is 0.493 e. The Labute approximate surface area is 199 Å². The van der Waals surface area contributed by atoms with Gasteiger partial charge in [0.15, 0.2) is 5.96 Å². The molecule has 2 N–H and O–H groups in total. The molecular weight excluding hydrogens is 491 g/mol. The Morgan fingerprint density at radius 2 is 2.00 bits per heavy atom. The first-order valence-electron chi connectivity index (χ1n) is 11.1. The predicted molar refractivity (Wildman–Crippen MR) is 134 cm³/mol. The molecule has 1 atom stereocenters. The molecule has 7 heteroatoms. The number of aryl methyl sites for hydroxylation is 1. The van der Waals surface area contributed by atoms with Crippen LogP contribution in [0.15, 0.2) is 23.2 Å². The summed E-state index contributed by atoms with van der Waals surface area (Å²) in [6, 6.07) is 6.41. The summed E-state index contributed by atoms with van der Waals surface area (Å²) < 4.78 is 11.6. The maximum atomic E-state index is 6.15. The van der Waals surface area contributed by atoms with Crippen LogP contribution in [-0.4, -0.2) is 64.4 Å². The third-order valence-corrected chi connectivity index (χ3v) is 6.07. The number of nitrogens with one attached hydrogen (secondary N) is 2. The van der Waals surface area contributed by atoms with E-state index in [1.807, 2.05) is 7.05 Å². The average molecular weight is 530 g/mol. The van der Waals surface area contributed by atoms with Crippen LogP contribution in [0.5, 0.6) is 5.75 Å². The molecule has 170 valence electrons. The first-order valence-corrected chi connectivity index (χ1v) is 11.1. The maximum Gasteiger partial charge on any atom is 0.191 e. The van der Waals surface area contributed by atoms with Crippen molar-refractivity contribution >= 4 is 29.9 Å². The van der Waals surface area contributed by atoms with Crippen LogP contribution < -0.4 is 15.4 Å². The van der Waals surface area contributed by atoms with Crippen molar-refractivity contribution in [2.45, 2.75) is 39.2 Å². The number of rotatable bonds is 8. The van der Waals surface area contributed by atoms with Crippen LogP contribution in [-0.2, 0) is 11.3 Å². The van der Waals surface area contributed by atoms with Gasteiger partial charge in [-0.05, 0) is 70.3 Å². The fourth-order valence-corrected chi connectivity index (χ4v) is 4.01. The smallest absolute Gasteiger partial charge is 0.191 e. The highest BCUT2D eigenvalue weighted by Gasteiger charge is 2.18. The number of guanidine groups is 1. The van der Waals surface area contributed by atoms with Crippen LogP contribution in [0.2, 0.25) is 0 Å². The second-order valence-electron chi connectivity index (χ2n) is 8.54. The molecule has 3 rings (SSSR count). The van der Waals surface area contributed by atoms with Gasteiger partial charge in [0.1, 0.15) is 5.75 Å². The lowest BCUT2D eigenvalue weighted by molar-refractivity contribution is 0.166. The molecule has 0 spiro atoms. The number of benzene rings is 1. The zero-order valence-corrected chi connectivity index (χ0v) is 21.1. The van der Waals surface area contributed by atoms with Gasteiger partial charge in [-0.2, -0.15) is 0 Å². The Hall–Kier alpha value is -1.06. The van der Waals surface area contributed by atoms with Crippen molar-refractivity contribution in [2.75, 3.05) is 53.6 Å². The van der Waals surface area contributed by atoms with E-state index in [2.05, 4.69) is 52.7 Å². The highest BCUT2D eigenvalue weighted by molar-refractivity contribution is 14.0. The summed E-state index contributed by atoms with van der Waals surface area (Å²) in [5.41, 5.74) is 2.37. The van der Waals surface area contributed by atoms with Gasteiger partial charge in [0.05, 0.1) is 13.2 Å². The lowest BCUT2D eigenvalue weighted by Crippen LogP contribution is -2.38. The normalized spacial score (nSPS) is 20.6. The third-order valence-electron chi connectivity index (χ3n) is 6.07. The lowest BCUT2D eigenvalue weighted by Gasteiger charge is -2.29. The van der Waals surface area contributed by atoms with Crippen molar-refractivity contribution in [1.82, 2.24) is 15.5 Å². The van der Waals surface area contributed by atoms with Gasteiger partial charge in [-0.1, -0.05) is 12.1 Å². The molecule has 2 aliphatic rings. The Bertz CT molecular complexity index is 657. The fraction of sp³-hybridized carbons (Fsp3) is 0.696. The maximum absolute atomic E-state index is 6.15. The molecule has 1 unspecified atom stereocenters. The minimum atomic E-state index is 0. The van der Waals surface area contributed by atoms with E-state index >= 15 is 0 Å². The molecule has 0 radical (unpaired) electrons. The Kier molecular flexibility index (Phi) is 11.2. The molecular formula is C23H39IN4O2. The summed E-state index contributed by atoms with van der Waals surface area (Å²) >= 11 is 0. The van der Waals surface area contributed by atoms with E-state index in [4.69, 9.17) is 9.47 Å². The number of hydrogen-bond donors (Lipinski definition) is 2. The molecule has 2 saturated heterocycles. The zero-order valence-electron chi connectivity index (χ0n) is 18.8. The van der Waals surface area contributed by atoms with Crippen LogP contribution in [0.4, 0.5) is 0 Å². The van der Waals surface area contributed by atoms with Gasteiger partial charge in [0, 0.05) is 38.2 Å². The number of nitrogens with zero attached hydrogens (tertiary/aromatic N) is 2. The molecule has 6 nitrogen and oxygen atoms in total. The monoisotopic (exact) mass is 530 g/mol. The first kappa shape index (κ1) is 25.2. The van der Waals surface area contributed by atoms with Crippen LogP contribution >= 0.6 is 24.0 Å². The Morgan fingerprint density at radius 3 is 2.70 bits per heavy atom. The van der Waals surface area contributed by atoms with Gasteiger partial charge >= 0.3 is 0 Å². The summed E-state index contributed by atoms with van der Waals surface area (Å²) in [6.45, 7) is 8.61. The summed E-state index contributed by atoms with van der Waals surface area (Å²) in [6.07, 6.45) is 4.91. The van der Waals surface area contributed by atoms with Gasteiger partial charge in [0.2, 0.25) is 0 Å². The van der Waals surface area contributed by atoms with E-state index < -0.39 is 0 Å². The SMILES string of the molecule is CN=C(NCCC1CCN(C)CC1)NCc1ccc(C)cc1OCC1CCOC1.I. The summed E-state index contributed by atoms with van der Waals surface area (Å²) in [5, 5.41) is 6.92. The van der Waals surface area contributed by atoms with Crippen molar-refractivity contribution in [1.29, 1.82) is 0 Å². The van der Waals surface area contributed by atoms with Gasteiger partial charge in [-0.3, -0.25) is 4.99 Å².